The summed E-state index contributed by atoms with van der Waals surface area (Å²) in [5.74, 6) is 1.71. The molecule has 0 aromatic carbocycles. The number of hydrogen-bond acceptors (Lipinski definition) is 2. The van der Waals surface area contributed by atoms with Gasteiger partial charge in [-0.25, -0.2) is 0 Å². The number of nitrogens with zero attached hydrogens (tertiary/aromatic N) is 1. The lowest BCUT2D eigenvalue weighted by Gasteiger charge is -2.34. The monoisotopic (exact) mass is 213 g/mol. The van der Waals surface area contributed by atoms with E-state index in [0.29, 0.717) is 17.9 Å². The first kappa shape index (κ1) is 13.0. The lowest BCUT2D eigenvalue weighted by atomic mass is 9.91. The van der Waals surface area contributed by atoms with Crippen molar-refractivity contribution >= 4 is 0 Å². The van der Waals surface area contributed by atoms with Crippen LogP contribution in [0.4, 0.5) is 0 Å². The van der Waals surface area contributed by atoms with Gasteiger partial charge in [-0.2, -0.15) is 0 Å². The SMILES string of the molecule is CCC(C)C(C)C(O)N1CC(C)C[C@H]1C. The van der Waals surface area contributed by atoms with Crippen LogP contribution in [0.2, 0.25) is 0 Å². The van der Waals surface area contributed by atoms with Gasteiger partial charge in [0.2, 0.25) is 0 Å². The second-order valence-corrected chi connectivity index (χ2v) is 5.54. The Bertz CT molecular complexity index is 195. The van der Waals surface area contributed by atoms with Crippen LogP contribution in [0, 0.1) is 17.8 Å². The zero-order valence-corrected chi connectivity index (χ0v) is 10.9. The largest absolute Gasteiger partial charge is 0.378 e. The average Bonchev–Trinajstić information content (AvgIpc) is 2.54. The summed E-state index contributed by atoms with van der Waals surface area (Å²) in [6.45, 7) is 12.2. The van der Waals surface area contributed by atoms with Crippen molar-refractivity contribution < 1.29 is 5.11 Å². The number of hydrogen-bond donors (Lipinski definition) is 1. The zero-order valence-electron chi connectivity index (χ0n) is 10.9. The molecule has 4 unspecified atom stereocenters. The third kappa shape index (κ3) is 2.94. The fourth-order valence-corrected chi connectivity index (χ4v) is 2.67. The van der Waals surface area contributed by atoms with Gasteiger partial charge in [-0.15, -0.1) is 0 Å². The van der Waals surface area contributed by atoms with Gasteiger partial charge in [-0.3, -0.25) is 4.90 Å². The fourth-order valence-electron chi connectivity index (χ4n) is 2.67. The van der Waals surface area contributed by atoms with Gasteiger partial charge in [-0.05, 0) is 31.1 Å². The molecule has 2 heteroatoms. The fraction of sp³-hybridized carbons (Fsp3) is 1.00. The van der Waals surface area contributed by atoms with Crippen LogP contribution in [0.1, 0.15) is 47.5 Å². The average molecular weight is 213 g/mol. The van der Waals surface area contributed by atoms with Crippen molar-refractivity contribution in [1.29, 1.82) is 0 Å². The molecule has 1 heterocycles. The van der Waals surface area contributed by atoms with Crippen molar-refractivity contribution in [3.05, 3.63) is 0 Å². The molecule has 1 rings (SSSR count). The molecule has 0 spiro atoms. The van der Waals surface area contributed by atoms with Crippen molar-refractivity contribution in [3.8, 4) is 0 Å². The topological polar surface area (TPSA) is 23.5 Å². The zero-order chi connectivity index (χ0) is 11.6. The van der Waals surface area contributed by atoms with Crippen LogP contribution in [-0.2, 0) is 0 Å². The maximum Gasteiger partial charge on any atom is 0.110 e. The van der Waals surface area contributed by atoms with Crippen LogP contribution in [0.5, 0.6) is 0 Å². The molecule has 0 aliphatic carbocycles. The minimum atomic E-state index is -0.250. The molecule has 0 amide bonds. The third-order valence-corrected chi connectivity index (χ3v) is 4.18. The molecule has 0 radical (unpaired) electrons. The van der Waals surface area contributed by atoms with E-state index in [2.05, 4.69) is 39.5 Å². The predicted molar refractivity (Wildman–Crippen MR) is 64.6 cm³/mol. The lowest BCUT2D eigenvalue weighted by molar-refractivity contribution is -0.0553. The first-order valence-corrected chi connectivity index (χ1v) is 6.41. The normalized spacial score (nSPS) is 34.0. The molecule has 0 saturated carbocycles. The van der Waals surface area contributed by atoms with E-state index in [1.54, 1.807) is 0 Å². The van der Waals surface area contributed by atoms with E-state index in [4.69, 9.17) is 0 Å². The summed E-state index contributed by atoms with van der Waals surface area (Å²) in [6.07, 6.45) is 2.13. The molecule has 0 aromatic heterocycles. The van der Waals surface area contributed by atoms with Gasteiger partial charge in [0, 0.05) is 12.6 Å². The van der Waals surface area contributed by atoms with E-state index < -0.39 is 0 Å². The number of likely N-dealkylation sites (tertiary alicyclic amines) is 1. The Morgan fingerprint density at radius 3 is 2.33 bits per heavy atom. The van der Waals surface area contributed by atoms with Crippen LogP contribution in [0.15, 0.2) is 0 Å². The van der Waals surface area contributed by atoms with Crippen LogP contribution in [-0.4, -0.2) is 28.8 Å². The molecule has 90 valence electrons. The molecule has 1 fully saturated rings. The van der Waals surface area contributed by atoms with Crippen molar-refractivity contribution in [1.82, 2.24) is 4.90 Å². The van der Waals surface area contributed by atoms with Crippen LogP contribution in [0.25, 0.3) is 0 Å². The quantitative estimate of drug-likeness (QED) is 0.776. The second kappa shape index (κ2) is 5.31. The van der Waals surface area contributed by atoms with Crippen molar-refractivity contribution in [2.24, 2.45) is 17.8 Å². The summed E-state index contributed by atoms with van der Waals surface area (Å²) in [5, 5.41) is 10.3. The first-order valence-electron chi connectivity index (χ1n) is 6.41. The summed E-state index contributed by atoms with van der Waals surface area (Å²) in [5.41, 5.74) is 0. The second-order valence-electron chi connectivity index (χ2n) is 5.54. The molecule has 0 bridgehead atoms. The van der Waals surface area contributed by atoms with Gasteiger partial charge < -0.3 is 5.11 Å². The molecule has 15 heavy (non-hydrogen) atoms. The van der Waals surface area contributed by atoms with E-state index in [-0.39, 0.29) is 6.23 Å². The van der Waals surface area contributed by atoms with Gasteiger partial charge >= 0.3 is 0 Å². The highest BCUT2D eigenvalue weighted by Crippen LogP contribution is 2.29. The van der Waals surface area contributed by atoms with Crippen LogP contribution < -0.4 is 0 Å². The van der Waals surface area contributed by atoms with E-state index in [1.807, 2.05) is 0 Å². The highest BCUT2D eigenvalue weighted by Gasteiger charge is 2.34. The maximum atomic E-state index is 10.3. The Hall–Kier alpha value is -0.0800. The van der Waals surface area contributed by atoms with E-state index in [9.17, 15) is 5.11 Å². The smallest absolute Gasteiger partial charge is 0.110 e. The molecule has 5 atom stereocenters. The molecule has 1 aliphatic heterocycles. The Morgan fingerprint density at radius 1 is 1.33 bits per heavy atom. The number of rotatable bonds is 4. The number of aliphatic hydroxyl groups is 1. The third-order valence-electron chi connectivity index (χ3n) is 4.18. The lowest BCUT2D eigenvalue weighted by Crippen LogP contribution is -2.43. The summed E-state index contributed by atoms with van der Waals surface area (Å²) in [6, 6.07) is 0.543. The van der Waals surface area contributed by atoms with Gasteiger partial charge in [0.15, 0.2) is 0 Å². The summed E-state index contributed by atoms with van der Waals surface area (Å²) in [7, 11) is 0. The van der Waals surface area contributed by atoms with E-state index >= 15 is 0 Å². The van der Waals surface area contributed by atoms with Gasteiger partial charge in [0.25, 0.3) is 0 Å². The molecule has 1 saturated heterocycles. The summed E-state index contributed by atoms with van der Waals surface area (Å²) < 4.78 is 0. The molecule has 1 aliphatic rings. The molecule has 0 aromatic rings. The molecule has 1 N–H and O–H groups in total. The number of aliphatic hydroxyl groups excluding tert-OH is 1. The van der Waals surface area contributed by atoms with Crippen molar-refractivity contribution in [2.75, 3.05) is 6.54 Å². The van der Waals surface area contributed by atoms with Gasteiger partial charge in [-0.1, -0.05) is 34.1 Å². The van der Waals surface area contributed by atoms with E-state index in [1.165, 1.54) is 6.42 Å². The Labute approximate surface area is 94.7 Å². The Morgan fingerprint density at radius 2 is 1.93 bits per heavy atom. The minimum absolute atomic E-state index is 0.250. The van der Waals surface area contributed by atoms with Crippen molar-refractivity contribution in [3.63, 3.8) is 0 Å². The predicted octanol–water partition coefficient (Wildman–Crippen LogP) is 2.72. The van der Waals surface area contributed by atoms with Crippen LogP contribution >= 0.6 is 0 Å². The van der Waals surface area contributed by atoms with Crippen LogP contribution in [0.3, 0.4) is 0 Å². The first-order chi connectivity index (χ1) is 6.97. The standard InChI is InChI=1S/C13H27NO/c1-6-10(3)12(5)13(15)14-8-9(2)7-11(14)4/h9-13,15H,6-8H2,1-5H3/t9?,10?,11-,12?,13?/m1/s1. The van der Waals surface area contributed by atoms with Crippen molar-refractivity contribution in [2.45, 2.75) is 59.7 Å². The highest BCUT2D eigenvalue weighted by atomic mass is 16.3. The Balaban J connectivity index is 2.56. The highest BCUT2D eigenvalue weighted by molar-refractivity contribution is 4.84. The molecule has 2 nitrogen and oxygen atoms in total. The summed E-state index contributed by atoms with van der Waals surface area (Å²) >= 11 is 0. The minimum Gasteiger partial charge on any atom is -0.378 e. The van der Waals surface area contributed by atoms with Gasteiger partial charge in [0.05, 0.1) is 0 Å². The Kier molecular flexibility index (Phi) is 4.60. The molecular formula is C13H27NO. The summed E-state index contributed by atoms with van der Waals surface area (Å²) in [4.78, 5) is 2.28. The van der Waals surface area contributed by atoms with E-state index in [0.717, 1.165) is 18.9 Å². The molecular weight excluding hydrogens is 186 g/mol. The van der Waals surface area contributed by atoms with Gasteiger partial charge in [0.1, 0.15) is 6.23 Å². The maximum absolute atomic E-state index is 10.3.